The summed E-state index contributed by atoms with van der Waals surface area (Å²) in [5.41, 5.74) is 1.74. The Kier molecular flexibility index (Phi) is 5.56. The Hall–Kier alpha value is -1.62. The zero-order valence-electron chi connectivity index (χ0n) is 12.9. The molecule has 1 aromatic heterocycles. The first-order valence-electron chi connectivity index (χ1n) is 7.62. The maximum absolute atomic E-state index is 12.5. The minimum Gasteiger partial charge on any atom is -0.383 e. The highest BCUT2D eigenvalue weighted by Crippen LogP contribution is 2.22. The number of carbonyl (C=O) groups excluding carboxylic acids is 1. The Morgan fingerprint density at radius 3 is 2.48 bits per heavy atom. The van der Waals surface area contributed by atoms with E-state index in [-0.39, 0.29) is 11.1 Å². The smallest absolute Gasteiger partial charge is 0.263 e. The second-order valence-electron chi connectivity index (χ2n) is 5.55. The topological polar surface area (TPSA) is 51.5 Å². The van der Waals surface area contributed by atoms with Gasteiger partial charge in [-0.05, 0) is 25.8 Å². The minimum absolute atomic E-state index is 0.207. The van der Waals surface area contributed by atoms with Crippen LogP contribution < -0.4 is 10.5 Å². The van der Waals surface area contributed by atoms with Gasteiger partial charge in [0.1, 0.15) is 5.56 Å². The zero-order valence-corrected chi connectivity index (χ0v) is 12.9. The molecule has 1 aliphatic rings. The Morgan fingerprint density at radius 1 is 1.24 bits per heavy atom. The fourth-order valence-electron chi connectivity index (χ4n) is 2.91. The number of aldehydes is 1. The Morgan fingerprint density at radius 2 is 1.90 bits per heavy atom. The molecule has 1 saturated heterocycles. The average Bonchev–Trinajstić information content (AvgIpc) is 2.75. The van der Waals surface area contributed by atoms with Gasteiger partial charge in [-0.25, -0.2) is 0 Å². The minimum atomic E-state index is -0.207. The van der Waals surface area contributed by atoms with E-state index < -0.39 is 0 Å². The van der Waals surface area contributed by atoms with Crippen molar-refractivity contribution in [2.75, 3.05) is 31.7 Å². The highest BCUT2D eigenvalue weighted by molar-refractivity contribution is 5.84. The molecule has 1 aromatic rings. The Labute approximate surface area is 125 Å². The lowest BCUT2D eigenvalue weighted by Crippen LogP contribution is -2.33. The van der Waals surface area contributed by atoms with Crippen molar-refractivity contribution in [2.45, 2.75) is 39.2 Å². The van der Waals surface area contributed by atoms with E-state index in [1.165, 1.54) is 12.8 Å². The van der Waals surface area contributed by atoms with Gasteiger partial charge in [0, 0.05) is 32.4 Å². The fourth-order valence-corrected chi connectivity index (χ4v) is 2.91. The van der Waals surface area contributed by atoms with Gasteiger partial charge in [-0.3, -0.25) is 9.59 Å². The number of pyridine rings is 1. The van der Waals surface area contributed by atoms with Crippen molar-refractivity contribution in [1.29, 1.82) is 0 Å². The van der Waals surface area contributed by atoms with Crippen LogP contribution in [0, 0.1) is 6.92 Å². The molecule has 0 amide bonds. The van der Waals surface area contributed by atoms with Crippen molar-refractivity contribution in [3.63, 3.8) is 0 Å². The van der Waals surface area contributed by atoms with Crippen LogP contribution in [0.15, 0.2) is 10.9 Å². The second kappa shape index (κ2) is 7.41. The van der Waals surface area contributed by atoms with Gasteiger partial charge in [0.05, 0.1) is 12.3 Å². The van der Waals surface area contributed by atoms with Crippen LogP contribution in [0.25, 0.3) is 0 Å². The molecule has 0 bridgehead atoms. The number of aryl methyl sites for hydroxylation is 1. The molecule has 116 valence electrons. The second-order valence-corrected chi connectivity index (χ2v) is 5.55. The molecular weight excluding hydrogens is 268 g/mol. The summed E-state index contributed by atoms with van der Waals surface area (Å²) in [5, 5.41) is 0. The first-order valence-corrected chi connectivity index (χ1v) is 7.62. The maximum atomic E-state index is 12.5. The molecule has 21 heavy (non-hydrogen) atoms. The van der Waals surface area contributed by atoms with E-state index in [0.717, 1.165) is 37.3 Å². The standard InChI is InChI=1S/C16H24N2O3/c1-13-11-15(17-7-5-3-4-6-8-17)14(12-19)16(20)18(13)9-10-21-2/h11-12H,3-10H2,1-2H3. The van der Waals surface area contributed by atoms with E-state index in [9.17, 15) is 9.59 Å². The third kappa shape index (κ3) is 3.53. The van der Waals surface area contributed by atoms with Crippen molar-refractivity contribution in [2.24, 2.45) is 0 Å². The predicted octanol–water partition coefficient (Wildman–Crippen LogP) is 2.00. The zero-order chi connectivity index (χ0) is 15.2. The van der Waals surface area contributed by atoms with E-state index in [4.69, 9.17) is 4.74 Å². The van der Waals surface area contributed by atoms with Crippen molar-refractivity contribution in [1.82, 2.24) is 4.57 Å². The van der Waals surface area contributed by atoms with Crippen molar-refractivity contribution in [3.8, 4) is 0 Å². The highest BCUT2D eigenvalue weighted by Gasteiger charge is 2.18. The van der Waals surface area contributed by atoms with Gasteiger partial charge < -0.3 is 14.2 Å². The monoisotopic (exact) mass is 292 g/mol. The third-order valence-electron chi connectivity index (χ3n) is 4.11. The van der Waals surface area contributed by atoms with E-state index in [1.54, 1.807) is 11.7 Å². The molecular formula is C16H24N2O3. The molecule has 5 heteroatoms. The van der Waals surface area contributed by atoms with Gasteiger partial charge in [0.2, 0.25) is 0 Å². The molecule has 1 fully saturated rings. The van der Waals surface area contributed by atoms with Gasteiger partial charge in [0.15, 0.2) is 6.29 Å². The summed E-state index contributed by atoms with van der Waals surface area (Å²) in [6.07, 6.45) is 5.37. The lowest BCUT2D eigenvalue weighted by atomic mass is 10.1. The fraction of sp³-hybridized carbons (Fsp3) is 0.625. The number of hydrogen-bond donors (Lipinski definition) is 0. The van der Waals surface area contributed by atoms with Crippen LogP contribution >= 0.6 is 0 Å². The van der Waals surface area contributed by atoms with Crippen LogP contribution in [0.2, 0.25) is 0 Å². The van der Waals surface area contributed by atoms with Crippen LogP contribution in [0.3, 0.4) is 0 Å². The van der Waals surface area contributed by atoms with Crippen LogP contribution in [0.5, 0.6) is 0 Å². The average molecular weight is 292 g/mol. The van der Waals surface area contributed by atoms with Gasteiger partial charge in [-0.15, -0.1) is 0 Å². The van der Waals surface area contributed by atoms with Crippen LogP contribution in [-0.2, 0) is 11.3 Å². The van der Waals surface area contributed by atoms with Gasteiger partial charge in [0.25, 0.3) is 5.56 Å². The van der Waals surface area contributed by atoms with Crippen molar-refractivity contribution < 1.29 is 9.53 Å². The predicted molar refractivity (Wildman–Crippen MR) is 83.4 cm³/mol. The summed E-state index contributed by atoms with van der Waals surface area (Å²) < 4.78 is 6.65. The van der Waals surface area contributed by atoms with Crippen LogP contribution in [-0.4, -0.2) is 37.7 Å². The van der Waals surface area contributed by atoms with Gasteiger partial charge in [-0.2, -0.15) is 0 Å². The summed E-state index contributed by atoms with van der Waals surface area (Å²) in [5.74, 6) is 0. The third-order valence-corrected chi connectivity index (χ3v) is 4.11. The number of methoxy groups -OCH3 is 1. The van der Waals surface area contributed by atoms with Crippen LogP contribution in [0.1, 0.15) is 41.7 Å². The quantitative estimate of drug-likeness (QED) is 0.779. The van der Waals surface area contributed by atoms with E-state index in [1.807, 2.05) is 13.0 Å². The molecule has 0 N–H and O–H groups in total. The molecule has 0 saturated carbocycles. The number of anilines is 1. The highest BCUT2D eigenvalue weighted by atomic mass is 16.5. The molecule has 2 heterocycles. The number of hydrogen-bond acceptors (Lipinski definition) is 4. The Bertz CT molecular complexity index is 543. The normalized spacial score (nSPS) is 15.8. The first-order chi connectivity index (χ1) is 10.2. The summed E-state index contributed by atoms with van der Waals surface area (Å²) in [7, 11) is 1.60. The number of carbonyl (C=O) groups is 1. The summed E-state index contributed by atoms with van der Waals surface area (Å²) in [4.78, 5) is 26.2. The van der Waals surface area contributed by atoms with Gasteiger partial charge >= 0.3 is 0 Å². The molecule has 0 atom stereocenters. The molecule has 0 unspecified atom stereocenters. The van der Waals surface area contributed by atoms with E-state index in [0.29, 0.717) is 19.4 Å². The lowest BCUT2D eigenvalue weighted by Gasteiger charge is -2.25. The Balaban J connectivity index is 2.41. The number of nitrogens with zero attached hydrogens (tertiary/aromatic N) is 2. The first kappa shape index (κ1) is 15.8. The number of aromatic nitrogens is 1. The number of ether oxygens (including phenoxy) is 1. The molecule has 0 aliphatic carbocycles. The van der Waals surface area contributed by atoms with Crippen molar-refractivity contribution >= 4 is 12.0 Å². The maximum Gasteiger partial charge on any atom is 0.263 e. The molecule has 0 aromatic carbocycles. The van der Waals surface area contributed by atoms with Crippen molar-refractivity contribution in [3.05, 3.63) is 27.7 Å². The van der Waals surface area contributed by atoms with Gasteiger partial charge in [-0.1, -0.05) is 12.8 Å². The molecule has 0 spiro atoms. The molecule has 1 aliphatic heterocycles. The lowest BCUT2D eigenvalue weighted by molar-refractivity contribution is 0.112. The van der Waals surface area contributed by atoms with E-state index in [2.05, 4.69) is 4.90 Å². The SMILES string of the molecule is COCCn1c(C)cc(N2CCCCCC2)c(C=O)c1=O. The summed E-state index contributed by atoms with van der Waals surface area (Å²) in [6.45, 7) is 4.68. The molecule has 2 rings (SSSR count). The molecule has 0 radical (unpaired) electrons. The largest absolute Gasteiger partial charge is 0.383 e. The number of rotatable bonds is 5. The molecule has 5 nitrogen and oxygen atoms in total. The van der Waals surface area contributed by atoms with Crippen LogP contribution in [0.4, 0.5) is 5.69 Å². The summed E-state index contributed by atoms with van der Waals surface area (Å²) in [6, 6.07) is 1.96. The summed E-state index contributed by atoms with van der Waals surface area (Å²) >= 11 is 0. The van der Waals surface area contributed by atoms with E-state index >= 15 is 0 Å².